The number of amides is 1. The second kappa shape index (κ2) is 5.81. The lowest BCUT2D eigenvalue weighted by atomic mass is 10.0. The molecule has 0 radical (unpaired) electrons. The molecule has 1 amide bonds. The van der Waals surface area contributed by atoms with E-state index in [0.29, 0.717) is 11.5 Å². The van der Waals surface area contributed by atoms with Crippen molar-refractivity contribution in [2.45, 2.75) is 26.0 Å². The van der Waals surface area contributed by atoms with Gasteiger partial charge in [0.15, 0.2) is 11.5 Å². The van der Waals surface area contributed by atoms with Gasteiger partial charge in [0.2, 0.25) is 6.10 Å². The van der Waals surface area contributed by atoms with E-state index in [4.69, 9.17) is 14.6 Å². The molecule has 1 heterocycles. The van der Waals surface area contributed by atoms with Crippen molar-refractivity contribution in [1.82, 2.24) is 5.32 Å². The van der Waals surface area contributed by atoms with Crippen LogP contribution in [0, 0.1) is 5.92 Å². The number of hydrogen-bond donors (Lipinski definition) is 2. The van der Waals surface area contributed by atoms with Gasteiger partial charge in [-0.2, -0.15) is 0 Å². The van der Waals surface area contributed by atoms with Crippen molar-refractivity contribution in [3.8, 4) is 11.5 Å². The maximum atomic E-state index is 12.0. The average Bonchev–Trinajstić information content (AvgIpc) is 2.43. The molecule has 20 heavy (non-hydrogen) atoms. The molecule has 0 aliphatic carbocycles. The minimum Gasteiger partial charge on any atom is -0.485 e. The summed E-state index contributed by atoms with van der Waals surface area (Å²) in [6, 6.07) is 6.09. The van der Waals surface area contributed by atoms with Crippen molar-refractivity contribution in [3.05, 3.63) is 24.3 Å². The number of carbonyl (C=O) groups excluding carboxylic acids is 1. The first-order chi connectivity index (χ1) is 9.49. The number of ether oxygens (including phenoxy) is 2. The van der Waals surface area contributed by atoms with Crippen LogP contribution < -0.4 is 14.8 Å². The van der Waals surface area contributed by atoms with Crippen LogP contribution in [0.4, 0.5) is 0 Å². The van der Waals surface area contributed by atoms with Crippen LogP contribution in [0.15, 0.2) is 24.3 Å². The zero-order valence-electron chi connectivity index (χ0n) is 11.3. The zero-order valence-corrected chi connectivity index (χ0v) is 11.3. The standard InChI is InChI=1S/C14H17NO5/c1-8(2)12(14(17)18)15-13(16)11-7-19-9-5-3-4-6-10(9)20-11/h3-6,8,11-12H,7H2,1-2H3,(H,15,16)(H,17,18)/t11-,12+/m1/s1. The number of fused-ring (bicyclic) bond motifs is 1. The van der Waals surface area contributed by atoms with Crippen LogP contribution in [0.5, 0.6) is 11.5 Å². The molecule has 2 N–H and O–H groups in total. The summed E-state index contributed by atoms with van der Waals surface area (Å²) in [6.45, 7) is 3.52. The first-order valence-corrected chi connectivity index (χ1v) is 6.40. The highest BCUT2D eigenvalue weighted by Gasteiger charge is 2.31. The molecule has 2 rings (SSSR count). The highest BCUT2D eigenvalue weighted by molar-refractivity contribution is 5.87. The molecule has 1 aromatic rings. The largest absolute Gasteiger partial charge is 0.485 e. The Morgan fingerprint density at radius 2 is 1.95 bits per heavy atom. The van der Waals surface area contributed by atoms with E-state index in [-0.39, 0.29) is 12.5 Å². The monoisotopic (exact) mass is 279 g/mol. The minimum atomic E-state index is -1.06. The van der Waals surface area contributed by atoms with E-state index >= 15 is 0 Å². The number of para-hydroxylation sites is 2. The summed E-state index contributed by atoms with van der Waals surface area (Å²) >= 11 is 0. The Morgan fingerprint density at radius 3 is 2.55 bits per heavy atom. The molecule has 2 atom stereocenters. The second-order valence-electron chi connectivity index (χ2n) is 4.93. The van der Waals surface area contributed by atoms with E-state index in [0.717, 1.165) is 0 Å². The molecular formula is C14H17NO5. The van der Waals surface area contributed by atoms with E-state index in [1.54, 1.807) is 32.0 Å². The molecule has 0 saturated carbocycles. The van der Waals surface area contributed by atoms with E-state index < -0.39 is 24.0 Å². The molecule has 6 nitrogen and oxygen atoms in total. The first-order valence-electron chi connectivity index (χ1n) is 6.40. The van der Waals surface area contributed by atoms with E-state index in [2.05, 4.69) is 5.32 Å². The number of nitrogens with one attached hydrogen (secondary N) is 1. The Kier molecular flexibility index (Phi) is 4.12. The maximum Gasteiger partial charge on any atom is 0.326 e. The SMILES string of the molecule is CC(C)[C@H](NC(=O)[C@H]1COc2ccccc2O1)C(=O)O. The molecule has 0 bridgehead atoms. The van der Waals surface area contributed by atoms with Crippen molar-refractivity contribution in [2.75, 3.05) is 6.61 Å². The topological polar surface area (TPSA) is 84.9 Å². The van der Waals surface area contributed by atoms with Gasteiger partial charge in [-0.15, -0.1) is 0 Å². The van der Waals surface area contributed by atoms with Gasteiger partial charge in [-0.05, 0) is 18.1 Å². The van der Waals surface area contributed by atoms with E-state index in [1.165, 1.54) is 0 Å². The predicted molar refractivity (Wildman–Crippen MR) is 70.8 cm³/mol. The van der Waals surface area contributed by atoms with Gasteiger partial charge in [0, 0.05) is 0 Å². The highest BCUT2D eigenvalue weighted by Crippen LogP contribution is 2.30. The summed E-state index contributed by atoms with van der Waals surface area (Å²) in [4.78, 5) is 23.1. The van der Waals surface area contributed by atoms with Crippen LogP contribution in [0.3, 0.4) is 0 Å². The van der Waals surface area contributed by atoms with Gasteiger partial charge in [0.05, 0.1) is 0 Å². The molecule has 108 valence electrons. The number of benzene rings is 1. The highest BCUT2D eigenvalue weighted by atomic mass is 16.6. The van der Waals surface area contributed by atoms with Crippen molar-refractivity contribution in [1.29, 1.82) is 0 Å². The summed E-state index contributed by atoms with van der Waals surface area (Å²) in [7, 11) is 0. The predicted octanol–water partition coefficient (Wildman–Crippen LogP) is 1.05. The summed E-state index contributed by atoms with van der Waals surface area (Å²) in [5.41, 5.74) is 0. The lowest BCUT2D eigenvalue weighted by Crippen LogP contribution is -2.51. The molecule has 1 aromatic carbocycles. The fourth-order valence-electron chi connectivity index (χ4n) is 1.91. The number of hydrogen-bond acceptors (Lipinski definition) is 4. The average molecular weight is 279 g/mol. The fraction of sp³-hybridized carbons (Fsp3) is 0.429. The number of rotatable bonds is 4. The molecule has 0 unspecified atom stereocenters. The fourth-order valence-corrected chi connectivity index (χ4v) is 1.91. The molecule has 0 aromatic heterocycles. The Morgan fingerprint density at radius 1 is 1.30 bits per heavy atom. The molecule has 0 saturated heterocycles. The third-order valence-corrected chi connectivity index (χ3v) is 3.03. The van der Waals surface area contributed by atoms with Crippen LogP contribution in [-0.4, -0.2) is 35.7 Å². The molecule has 1 aliphatic heterocycles. The van der Waals surface area contributed by atoms with Crippen molar-refractivity contribution < 1.29 is 24.2 Å². The third kappa shape index (κ3) is 3.01. The van der Waals surface area contributed by atoms with Gasteiger partial charge >= 0.3 is 5.97 Å². The van der Waals surface area contributed by atoms with Crippen LogP contribution in [0.1, 0.15) is 13.8 Å². The molecular weight excluding hydrogens is 262 g/mol. The van der Waals surface area contributed by atoms with Crippen LogP contribution in [-0.2, 0) is 9.59 Å². The molecule has 1 aliphatic rings. The summed E-state index contributed by atoms with van der Waals surface area (Å²) in [6.07, 6.45) is -0.842. The minimum absolute atomic E-state index is 0.0628. The van der Waals surface area contributed by atoms with Gasteiger partial charge in [0.25, 0.3) is 5.91 Å². The van der Waals surface area contributed by atoms with Crippen LogP contribution in [0.2, 0.25) is 0 Å². The van der Waals surface area contributed by atoms with Crippen LogP contribution >= 0.6 is 0 Å². The number of aliphatic carboxylic acids is 1. The first kappa shape index (κ1) is 14.2. The van der Waals surface area contributed by atoms with Gasteiger partial charge in [-0.1, -0.05) is 26.0 Å². The summed E-state index contributed by atoms with van der Waals surface area (Å²) in [5.74, 6) is -0.704. The lowest BCUT2D eigenvalue weighted by molar-refractivity contribution is -0.145. The van der Waals surface area contributed by atoms with E-state index in [9.17, 15) is 9.59 Å². The van der Waals surface area contributed by atoms with Crippen molar-refractivity contribution in [2.24, 2.45) is 5.92 Å². The van der Waals surface area contributed by atoms with E-state index in [1.807, 2.05) is 6.07 Å². The van der Waals surface area contributed by atoms with Gasteiger partial charge in [-0.25, -0.2) is 4.79 Å². The summed E-state index contributed by atoms with van der Waals surface area (Å²) < 4.78 is 11.0. The Balaban J connectivity index is 2.03. The maximum absolute atomic E-state index is 12.0. The van der Waals surface area contributed by atoms with Crippen LogP contribution in [0.25, 0.3) is 0 Å². The number of carbonyl (C=O) groups is 2. The third-order valence-electron chi connectivity index (χ3n) is 3.03. The number of carboxylic acid groups (broad SMARTS) is 1. The quantitative estimate of drug-likeness (QED) is 0.860. The number of carboxylic acids is 1. The smallest absolute Gasteiger partial charge is 0.326 e. The van der Waals surface area contributed by atoms with Gasteiger partial charge < -0.3 is 19.9 Å². The Bertz CT molecular complexity index is 514. The zero-order chi connectivity index (χ0) is 14.7. The Hall–Kier alpha value is -2.24. The molecule has 6 heteroatoms. The summed E-state index contributed by atoms with van der Waals surface area (Å²) in [5, 5.41) is 11.5. The van der Waals surface area contributed by atoms with Crippen molar-refractivity contribution in [3.63, 3.8) is 0 Å². The second-order valence-corrected chi connectivity index (χ2v) is 4.93. The van der Waals surface area contributed by atoms with Gasteiger partial charge in [-0.3, -0.25) is 4.79 Å². The lowest BCUT2D eigenvalue weighted by Gasteiger charge is -2.27. The molecule has 0 fully saturated rings. The van der Waals surface area contributed by atoms with Crippen molar-refractivity contribution >= 4 is 11.9 Å². The normalized spacial score (nSPS) is 18.4. The van der Waals surface area contributed by atoms with Gasteiger partial charge in [0.1, 0.15) is 12.6 Å². The molecule has 0 spiro atoms. The Labute approximate surface area is 116 Å².